The van der Waals surface area contributed by atoms with Crippen molar-refractivity contribution >= 4 is 16.8 Å². The van der Waals surface area contributed by atoms with Gasteiger partial charge in [0, 0.05) is 18.1 Å². The molecule has 2 N–H and O–H groups in total. The van der Waals surface area contributed by atoms with E-state index in [-0.39, 0.29) is 18.2 Å². The highest BCUT2D eigenvalue weighted by molar-refractivity contribution is 6.05. The van der Waals surface area contributed by atoms with Crippen LogP contribution in [0.3, 0.4) is 0 Å². The number of hydrogen-bond acceptors (Lipinski definition) is 4. The predicted molar refractivity (Wildman–Crippen MR) is 89.2 cm³/mol. The fraction of sp³-hybridized carbons (Fsp3) is 0.353. The molecule has 0 radical (unpaired) electrons. The number of para-hydroxylation sites is 1. The Bertz CT molecular complexity index is 1030. The van der Waals surface area contributed by atoms with Gasteiger partial charge in [0.05, 0.1) is 24.2 Å². The van der Waals surface area contributed by atoms with Crippen molar-refractivity contribution < 1.29 is 9.53 Å². The summed E-state index contributed by atoms with van der Waals surface area (Å²) in [4.78, 5) is 29.8. The molecule has 2 aliphatic heterocycles. The summed E-state index contributed by atoms with van der Waals surface area (Å²) in [6, 6.07) is 7.66. The van der Waals surface area contributed by atoms with Crippen LogP contribution in [0.15, 0.2) is 35.3 Å². The third-order valence-electron chi connectivity index (χ3n) is 5.21. The van der Waals surface area contributed by atoms with Crippen molar-refractivity contribution in [2.24, 2.45) is 0 Å². The lowest BCUT2D eigenvalue weighted by Gasteiger charge is -2.33. The smallest absolute Gasteiger partial charge is 0.343 e. The first-order valence-corrected chi connectivity index (χ1v) is 8.29. The van der Waals surface area contributed by atoms with Crippen LogP contribution in [0.5, 0.6) is 0 Å². The van der Waals surface area contributed by atoms with Gasteiger partial charge < -0.3 is 14.6 Å². The molecular formula is C17H17N5O3. The molecule has 1 unspecified atom stereocenters. The minimum Gasteiger partial charge on any atom is -0.363 e. The van der Waals surface area contributed by atoms with Crippen molar-refractivity contribution in [1.82, 2.24) is 24.6 Å². The third kappa shape index (κ3) is 2.14. The quantitative estimate of drug-likeness (QED) is 0.687. The maximum absolute atomic E-state index is 13.0. The topological polar surface area (TPSA) is 96.0 Å². The van der Waals surface area contributed by atoms with E-state index in [2.05, 4.69) is 15.2 Å². The van der Waals surface area contributed by atoms with E-state index in [0.717, 1.165) is 10.9 Å². The van der Waals surface area contributed by atoms with Crippen molar-refractivity contribution in [3.63, 3.8) is 0 Å². The second kappa shape index (κ2) is 5.06. The second-order valence-corrected chi connectivity index (χ2v) is 6.73. The van der Waals surface area contributed by atoms with Gasteiger partial charge in [0.1, 0.15) is 12.2 Å². The summed E-state index contributed by atoms with van der Waals surface area (Å²) >= 11 is 0. The van der Waals surface area contributed by atoms with Gasteiger partial charge in [-0.3, -0.25) is 9.36 Å². The first-order valence-electron chi connectivity index (χ1n) is 8.29. The summed E-state index contributed by atoms with van der Waals surface area (Å²) in [7, 11) is 0. The predicted octanol–water partition coefficient (Wildman–Crippen LogP) is 0.868. The van der Waals surface area contributed by atoms with Crippen molar-refractivity contribution in [3.05, 3.63) is 52.3 Å². The number of fused-ring (bicyclic) bond motifs is 2. The van der Waals surface area contributed by atoms with E-state index >= 15 is 0 Å². The van der Waals surface area contributed by atoms with E-state index < -0.39 is 5.60 Å². The number of aromatic nitrogens is 4. The number of nitrogens with zero attached hydrogens (tertiary/aromatic N) is 3. The van der Waals surface area contributed by atoms with Gasteiger partial charge in [0.2, 0.25) is 0 Å². The maximum atomic E-state index is 13.0. The number of rotatable bonds is 1. The average molecular weight is 339 g/mol. The number of nitrogens with one attached hydrogen (secondary N) is 2. The molecule has 1 spiro atoms. The van der Waals surface area contributed by atoms with Gasteiger partial charge in [-0.1, -0.05) is 12.1 Å². The molecule has 5 rings (SSSR count). The number of H-pyrrole nitrogens is 2. The zero-order valence-electron chi connectivity index (χ0n) is 13.5. The lowest BCUT2D eigenvalue weighted by atomic mass is 10.0. The molecule has 1 aromatic carbocycles. The standard InChI is InChI=1S/C17H17N5O3/c23-15(12-3-1-2-11-4-6-18-14(11)12)21-7-5-17(9-21)10-22-13(8-25-17)19-20-16(22)24/h1-4,6,18H,5,7-10H2,(H,20,24). The fourth-order valence-corrected chi connectivity index (χ4v) is 3.87. The number of aromatic amines is 2. The molecule has 0 bridgehead atoms. The lowest BCUT2D eigenvalue weighted by molar-refractivity contribution is -0.0816. The van der Waals surface area contributed by atoms with Gasteiger partial charge in [-0.15, -0.1) is 0 Å². The van der Waals surface area contributed by atoms with Gasteiger partial charge in [-0.05, 0) is 18.6 Å². The van der Waals surface area contributed by atoms with Crippen LogP contribution in [0, 0.1) is 0 Å². The molecule has 2 aromatic heterocycles. The molecule has 25 heavy (non-hydrogen) atoms. The monoisotopic (exact) mass is 339 g/mol. The molecule has 3 aromatic rings. The molecule has 8 nitrogen and oxygen atoms in total. The highest BCUT2D eigenvalue weighted by atomic mass is 16.5. The summed E-state index contributed by atoms with van der Waals surface area (Å²) < 4.78 is 7.63. The van der Waals surface area contributed by atoms with Gasteiger partial charge in [-0.2, -0.15) is 5.10 Å². The molecule has 4 heterocycles. The van der Waals surface area contributed by atoms with Crippen molar-refractivity contribution in [3.8, 4) is 0 Å². The first kappa shape index (κ1) is 14.5. The van der Waals surface area contributed by atoms with Crippen LogP contribution in [0.1, 0.15) is 22.6 Å². The Balaban J connectivity index is 1.43. The minimum absolute atomic E-state index is 0.0149. The molecule has 1 saturated heterocycles. The Morgan fingerprint density at radius 1 is 1.28 bits per heavy atom. The molecule has 128 valence electrons. The fourth-order valence-electron chi connectivity index (χ4n) is 3.87. The van der Waals surface area contributed by atoms with Crippen molar-refractivity contribution in [2.75, 3.05) is 13.1 Å². The highest BCUT2D eigenvalue weighted by Crippen LogP contribution is 2.32. The Kier molecular flexibility index (Phi) is 2.93. The van der Waals surface area contributed by atoms with Gasteiger partial charge in [-0.25, -0.2) is 9.89 Å². The van der Waals surface area contributed by atoms with E-state index in [4.69, 9.17) is 4.74 Å². The molecule has 2 aliphatic rings. The largest absolute Gasteiger partial charge is 0.363 e. The van der Waals surface area contributed by atoms with Crippen LogP contribution >= 0.6 is 0 Å². The second-order valence-electron chi connectivity index (χ2n) is 6.73. The molecule has 1 amide bonds. The Morgan fingerprint density at radius 3 is 3.12 bits per heavy atom. The maximum Gasteiger partial charge on any atom is 0.343 e. The van der Waals surface area contributed by atoms with E-state index in [9.17, 15) is 9.59 Å². The van der Waals surface area contributed by atoms with Gasteiger partial charge >= 0.3 is 5.69 Å². The SMILES string of the molecule is O=C(c1cccc2cc[nH]c12)N1CCC2(C1)Cn1c(n[nH]c1=O)CO2. The Labute approximate surface area is 142 Å². The number of likely N-dealkylation sites (tertiary alicyclic amines) is 1. The van der Waals surface area contributed by atoms with Crippen LogP contribution in [-0.4, -0.2) is 49.2 Å². The number of carbonyl (C=O) groups excluding carboxylic acids is 1. The zero-order valence-corrected chi connectivity index (χ0v) is 13.5. The summed E-state index contributed by atoms with van der Waals surface area (Å²) in [5.74, 6) is 0.593. The van der Waals surface area contributed by atoms with Crippen LogP contribution in [0.25, 0.3) is 10.9 Å². The zero-order chi connectivity index (χ0) is 17.0. The number of benzene rings is 1. The van der Waals surface area contributed by atoms with Gasteiger partial charge in [0.25, 0.3) is 5.91 Å². The number of ether oxygens (including phenoxy) is 1. The summed E-state index contributed by atoms with van der Waals surface area (Å²) in [6.45, 7) is 1.79. The molecular weight excluding hydrogens is 322 g/mol. The van der Waals surface area contributed by atoms with E-state index in [1.54, 1.807) is 4.57 Å². The molecule has 0 saturated carbocycles. The lowest BCUT2D eigenvalue weighted by Crippen LogP contribution is -2.47. The molecule has 8 heteroatoms. The van der Waals surface area contributed by atoms with Crippen LogP contribution in [0.4, 0.5) is 0 Å². The summed E-state index contributed by atoms with van der Waals surface area (Å²) in [6.07, 6.45) is 2.54. The van der Waals surface area contributed by atoms with Gasteiger partial charge in [0.15, 0.2) is 5.82 Å². The highest BCUT2D eigenvalue weighted by Gasteiger charge is 2.44. The third-order valence-corrected chi connectivity index (χ3v) is 5.21. The molecule has 1 atom stereocenters. The van der Waals surface area contributed by atoms with Crippen LogP contribution in [-0.2, 0) is 17.9 Å². The molecule has 0 aliphatic carbocycles. The van der Waals surface area contributed by atoms with E-state index in [1.165, 1.54) is 0 Å². The van der Waals surface area contributed by atoms with Crippen molar-refractivity contribution in [1.29, 1.82) is 0 Å². The number of amides is 1. The average Bonchev–Trinajstić information content (AvgIpc) is 3.34. The Morgan fingerprint density at radius 2 is 2.20 bits per heavy atom. The molecule has 1 fully saturated rings. The van der Waals surface area contributed by atoms with E-state index in [1.807, 2.05) is 35.4 Å². The number of hydrogen-bond donors (Lipinski definition) is 2. The van der Waals surface area contributed by atoms with E-state index in [0.29, 0.717) is 37.4 Å². The van der Waals surface area contributed by atoms with Crippen LogP contribution < -0.4 is 5.69 Å². The van der Waals surface area contributed by atoms with Crippen molar-refractivity contribution in [2.45, 2.75) is 25.2 Å². The summed E-state index contributed by atoms with van der Waals surface area (Å²) in [5, 5.41) is 7.43. The normalized spacial score (nSPS) is 22.6. The Hall–Kier alpha value is -2.87. The minimum atomic E-state index is -0.514. The summed E-state index contributed by atoms with van der Waals surface area (Å²) in [5.41, 5.74) is 0.779. The number of carbonyl (C=O) groups is 1. The van der Waals surface area contributed by atoms with Crippen LogP contribution in [0.2, 0.25) is 0 Å². The first-order chi connectivity index (χ1) is 12.2.